The van der Waals surface area contributed by atoms with Gasteiger partial charge < -0.3 is 4.90 Å². The summed E-state index contributed by atoms with van der Waals surface area (Å²) in [7, 11) is 2.04. The summed E-state index contributed by atoms with van der Waals surface area (Å²) < 4.78 is 13.0. The molecule has 0 aromatic heterocycles. The van der Waals surface area contributed by atoms with E-state index in [-0.39, 0.29) is 23.4 Å². The first-order chi connectivity index (χ1) is 10.5. The molecule has 0 bridgehead atoms. The Morgan fingerprint density at radius 3 is 2.32 bits per heavy atom. The van der Waals surface area contributed by atoms with Crippen molar-refractivity contribution in [1.82, 2.24) is 4.90 Å². The summed E-state index contributed by atoms with van der Waals surface area (Å²) in [5.74, 6) is -0.0774. The molecule has 2 aromatic carbocycles. The Bertz CT molecular complexity index is 663. The molecule has 3 heteroatoms. The average molecular weight is 297 g/mol. The molecule has 0 N–H and O–H groups in total. The van der Waals surface area contributed by atoms with Gasteiger partial charge in [0.05, 0.1) is 0 Å². The number of halogens is 1. The molecule has 2 aromatic rings. The lowest BCUT2D eigenvalue weighted by molar-refractivity contribution is 0.0915. The minimum atomic E-state index is -0.310. The molecule has 0 radical (unpaired) electrons. The zero-order chi connectivity index (χ0) is 15.7. The number of likely N-dealkylation sites (N-methyl/N-ethyl adjacent to an activating group) is 1. The van der Waals surface area contributed by atoms with Crippen LogP contribution in [0.4, 0.5) is 4.39 Å². The van der Waals surface area contributed by atoms with Crippen molar-refractivity contribution in [2.45, 2.75) is 12.8 Å². The minimum absolute atomic E-state index is 0.0711. The Morgan fingerprint density at radius 1 is 1.05 bits per heavy atom. The summed E-state index contributed by atoms with van der Waals surface area (Å²) in [5.41, 5.74) is 3.02. The van der Waals surface area contributed by atoms with Crippen LogP contribution in [0.15, 0.2) is 48.5 Å². The molecule has 0 spiro atoms. The zero-order valence-electron chi connectivity index (χ0n) is 12.9. The largest absolute Gasteiger partial charge is 0.305 e. The van der Waals surface area contributed by atoms with E-state index in [4.69, 9.17) is 0 Å². The third kappa shape index (κ3) is 2.95. The first kappa shape index (κ1) is 14.9. The van der Waals surface area contributed by atoms with E-state index in [2.05, 4.69) is 36.1 Å². The molecule has 2 atom stereocenters. The molecular formula is C19H20FNO. The molecule has 0 unspecified atom stereocenters. The first-order valence-electron chi connectivity index (χ1n) is 7.59. The van der Waals surface area contributed by atoms with E-state index in [0.717, 1.165) is 13.1 Å². The van der Waals surface area contributed by atoms with Gasteiger partial charge in [-0.15, -0.1) is 0 Å². The van der Waals surface area contributed by atoms with Crippen LogP contribution in [0.3, 0.4) is 0 Å². The molecule has 1 aliphatic rings. The summed E-state index contributed by atoms with van der Waals surface area (Å²) in [5, 5.41) is 0. The van der Waals surface area contributed by atoms with E-state index in [9.17, 15) is 9.18 Å². The van der Waals surface area contributed by atoms with Crippen LogP contribution in [-0.2, 0) is 0 Å². The summed E-state index contributed by atoms with van der Waals surface area (Å²) in [6, 6.07) is 14.3. The quantitative estimate of drug-likeness (QED) is 0.806. The van der Waals surface area contributed by atoms with E-state index in [0.29, 0.717) is 5.56 Å². The van der Waals surface area contributed by atoms with E-state index in [1.807, 2.05) is 7.05 Å². The Morgan fingerprint density at radius 2 is 1.68 bits per heavy atom. The molecule has 0 aliphatic carbocycles. The van der Waals surface area contributed by atoms with Crippen LogP contribution in [0, 0.1) is 18.7 Å². The zero-order valence-corrected chi connectivity index (χ0v) is 12.9. The SMILES string of the molecule is Cc1ccc([C@H]2CN(C)C[C@H]2C(=O)c2ccc(F)cc2)cc1. The van der Waals surface area contributed by atoms with Crippen LogP contribution < -0.4 is 0 Å². The van der Waals surface area contributed by atoms with Crippen molar-refractivity contribution in [2.24, 2.45) is 5.92 Å². The Hall–Kier alpha value is -2.00. The van der Waals surface area contributed by atoms with Gasteiger partial charge in [-0.05, 0) is 43.8 Å². The first-order valence-corrected chi connectivity index (χ1v) is 7.59. The predicted octanol–water partition coefficient (Wildman–Crippen LogP) is 3.66. The van der Waals surface area contributed by atoms with Gasteiger partial charge in [0, 0.05) is 30.5 Å². The van der Waals surface area contributed by atoms with Gasteiger partial charge in [-0.2, -0.15) is 0 Å². The van der Waals surface area contributed by atoms with Crippen LogP contribution in [0.5, 0.6) is 0 Å². The van der Waals surface area contributed by atoms with Gasteiger partial charge >= 0.3 is 0 Å². The fourth-order valence-electron chi connectivity index (χ4n) is 3.25. The van der Waals surface area contributed by atoms with Gasteiger partial charge in [-0.1, -0.05) is 29.8 Å². The van der Waals surface area contributed by atoms with Crippen LogP contribution in [0.2, 0.25) is 0 Å². The molecule has 0 saturated carbocycles. The third-order valence-corrected chi connectivity index (χ3v) is 4.47. The van der Waals surface area contributed by atoms with Crippen LogP contribution in [-0.4, -0.2) is 30.8 Å². The highest BCUT2D eigenvalue weighted by Gasteiger charge is 2.37. The van der Waals surface area contributed by atoms with E-state index < -0.39 is 0 Å². The summed E-state index contributed by atoms with van der Waals surface area (Å²) in [6.07, 6.45) is 0. The lowest BCUT2D eigenvalue weighted by Crippen LogP contribution is -2.22. The topological polar surface area (TPSA) is 20.3 Å². The fourth-order valence-corrected chi connectivity index (χ4v) is 3.25. The predicted molar refractivity (Wildman–Crippen MR) is 85.6 cm³/mol. The number of nitrogens with zero attached hydrogens (tertiary/aromatic N) is 1. The molecule has 22 heavy (non-hydrogen) atoms. The minimum Gasteiger partial charge on any atom is -0.305 e. The van der Waals surface area contributed by atoms with Crippen molar-refractivity contribution < 1.29 is 9.18 Å². The van der Waals surface area contributed by atoms with E-state index in [1.54, 1.807) is 12.1 Å². The smallest absolute Gasteiger partial charge is 0.167 e. The second-order valence-corrected chi connectivity index (χ2v) is 6.22. The number of aryl methyl sites for hydroxylation is 1. The second-order valence-electron chi connectivity index (χ2n) is 6.22. The van der Waals surface area contributed by atoms with Gasteiger partial charge in [0.2, 0.25) is 0 Å². The number of likely N-dealkylation sites (tertiary alicyclic amines) is 1. The molecular weight excluding hydrogens is 277 g/mol. The molecule has 1 fully saturated rings. The molecule has 1 aliphatic heterocycles. The highest BCUT2D eigenvalue weighted by molar-refractivity contribution is 5.98. The molecule has 0 amide bonds. The normalized spacial score (nSPS) is 22.0. The van der Waals surface area contributed by atoms with Crippen LogP contribution in [0.25, 0.3) is 0 Å². The van der Waals surface area contributed by atoms with Crippen molar-refractivity contribution in [3.8, 4) is 0 Å². The van der Waals surface area contributed by atoms with Crippen LogP contribution >= 0.6 is 0 Å². The Balaban J connectivity index is 1.88. The number of carbonyl (C=O) groups excluding carboxylic acids is 1. The van der Waals surface area contributed by atoms with E-state index >= 15 is 0 Å². The molecule has 1 saturated heterocycles. The van der Waals surface area contributed by atoms with Crippen molar-refractivity contribution in [3.05, 3.63) is 71.0 Å². The fraction of sp³-hybridized carbons (Fsp3) is 0.316. The number of hydrogen-bond donors (Lipinski definition) is 0. The Kier molecular flexibility index (Phi) is 4.08. The number of carbonyl (C=O) groups is 1. The Labute approximate surface area is 130 Å². The number of hydrogen-bond acceptors (Lipinski definition) is 2. The van der Waals surface area contributed by atoms with Crippen molar-refractivity contribution in [3.63, 3.8) is 0 Å². The molecule has 3 rings (SSSR count). The summed E-state index contributed by atoms with van der Waals surface area (Å²) in [6.45, 7) is 3.68. The number of benzene rings is 2. The van der Waals surface area contributed by atoms with Crippen molar-refractivity contribution >= 4 is 5.78 Å². The van der Waals surface area contributed by atoms with Crippen molar-refractivity contribution in [1.29, 1.82) is 0 Å². The number of Topliss-reactive ketones (excluding diaryl/α,β-unsaturated/α-hetero) is 1. The second kappa shape index (κ2) is 6.01. The molecule has 1 heterocycles. The molecule has 114 valence electrons. The number of rotatable bonds is 3. The van der Waals surface area contributed by atoms with Gasteiger partial charge in [0.1, 0.15) is 5.82 Å². The van der Waals surface area contributed by atoms with Gasteiger partial charge in [0.15, 0.2) is 5.78 Å². The highest BCUT2D eigenvalue weighted by atomic mass is 19.1. The summed E-state index contributed by atoms with van der Waals surface area (Å²) in [4.78, 5) is 15.0. The summed E-state index contributed by atoms with van der Waals surface area (Å²) >= 11 is 0. The van der Waals surface area contributed by atoms with Crippen molar-refractivity contribution in [2.75, 3.05) is 20.1 Å². The molecule has 2 nitrogen and oxygen atoms in total. The number of ketones is 1. The standard InChI is InChI=1S/C19H20FNO/c1-13-3-5-14(6-4-13)17-11-21(2)12-18(17)19(22)15-7-9-16(20)10-8-15/h3-10,17-18H,11-12H2,1-2H3/t17-,18-/m1/s1. The third-order valence-electron chi connectivity index (χ3n) is 4.47. The maximum Gasteiger partial charge on any atom is 0.167 e. The maximum atomic E-state index is 13.0. The maximum absolute atomic E-state index is 13.0. The highest BCUT2D eigenvalue weighted by Crippen LogP contribution is 2.34. The van der Waals surface area contributed by atoms with Gasteiger partial charge in [-0.25, -0.2) is 4.39 Å². The van der Waals surface area contributed by atoms with Gasteiger partial charge in [-0.3, -0.25) is 4.79 Å². The monoisotopic (exact) mass is 297 g/mol. The van der Waals surface area contributed by atoms with Crippen LogP contribution in [0.1, 0.15) is 27.4 Å². The lowest BCUT2D eigenvalue weighted by Gasteiger charge is -2.18. The lowest BCUT2D eigenvalue weighted by atomic mass is 9.83. The van der Waals surface area contributed by atoms with Gasteiger partial charge in [0.25, 0.3) is 0 Å². The average Bonchev–Trinajstić information content (AvgIpc) is 2.90. The van der Waals surface area contributed by atoms with E-state index in [1.165, 1.54) is 23.3 Å².